The van der Waals surface area contributed by atoms with Crippen LogP contribution in [0.1, 0.15) is 22.0 Å². The van der Waals surface area contributed by atoms with Crippen LogP contribution in [0.3, 0.4) is 0 Å². The molecule has 0 aliphatic carbocycles. The number of carbonyl (C=O) groups is 1. The summed E-state index contributed by atoms with van der Waals surface area (Å²) >= 11 is 0. The molecule has 0 atom stereocenters. The average molecular weight is 203 g/mol. The second kappa shape index (κ2) is 3.95. The van der Waals surface area contributed by atoms with Gasteiger partial charge in [0.25, 0.3) is 0 Å². The fourth-order valence-corrected chi connectivity index (χ4v) is 1.25. The molecule has 0 saturated heterocycles. The van der Waals surface area contributed by atoms with Crippen LogP contribution in [0.2, 0.25) is 0 Å². The van der Waals surface area contributed by atoms with Crippen molar-refractivity contribution in [1.82, 2.24) is 24.7 Å². The van der Waals surface area contributed by atoms with E-state index in [1.165, 1.54) is 6.33 Å². The van der Waals surface area contributed by atoms with E-state index in [2.05, 4.69) is 20.1 Å². The monoisotopic (exact) mass is 203 g/mol. The Labute approximate surface area is 86.0 Å². The van der Waals surface area contributed by atoms with Crippen LogP contribution in [0.4, 0.5) is 0 Å². The van der Waals surface area contributed by atoms with E-state index in [4.69, 9.17) is 0 Å². The lowest BCUT2D eigenvalue weighted by molar-refractivity contribution is 0.111. The molecule has 0 radical (unpaired) electrons. The van der Waals surface area contributed by atoms with Gasteiger partial charge in [-0.3, -0.25) is 4.79 Å². The first-order valence-corrected chi connectivity index (χ1v) is 4.40. The maximum absolute atomic E-state index is 10.6. The van der Waals surface area contributed by atoms with Gasteiger partial charge >= 0.3 is 0 Å². The van der Waals surface area contributed by atoms with Crippen molar-refractivity contribution in [2.45, 2.75) is 13.5 Å². The molecule has 0 amide bonds. The second-order valence-electron chi connectivity index (χ2n) is 3.06. The third-order valence-electron chi connectivity index (χ3n) is 1.81. The van der Waals surface area contributed by atoms with Gasteiger partial charge in [-0.15, -0.1) is 0 Å². The predicted octanol–water partition coefficient (Wildman–Crippen LogP) is 0.237. The van der Waals surface area contributed by atoms with Crippen molar-refractivity contribution in [1.29, 1.82) is 0 Å². The maximum Gasteiger partial charge on any atom is 0.168 e. The van der Waals surface area contributed by atoms with Crippen LogP contribution in [-0.2, 0) is 6.54 Å². The fourth-order valence-electron chi connectivity index (χ4n) is 1.25. The molecule has 2 rings (SSSR count). The van der Waals surface area contributed by atoms with Gasteiger partial charge in [-0.1, -0.05) is 0 Å². The van der Waals surface area contributed by atoms with E-state index in [1.54, 1.807) is 17.1 Å². The van der Waals surface area contributed by atoms with E-state index >= 15 is 0 Å². The lowest BCUT2D eigenvalue weighted by Crippen LogP contribution is -2.07. The van der Waals surface area contributed by atoms with Crippen LogP contribution in [0.5, 0.6) is 0 Å². The van der Waals surface area contributed by atoms with Gasteiger partial charge < -0.3 is 0 Å². The van der Waals surface area contributed by atoms with E-state index in [0.717, 1.165) is 5.69 Å². The number of hydrogen-bond acceptors (Lipinski definition) is 5. The highest BCUT2D eigenvalue weighted by Gasteiger charge is 2.02. The maximum atomic E-state index is 10.6. The number of aromatic nitrogens is 5. The molecule has 0 aliphatic heterocycles. The highest BCUT2D eigenvalue weighted by atomic mass is 16.1. The van der Waals surface area contributed by atoms with Crippen LogP contribution < -0.4 is 0 Å². The Morgan fingerprint density at radius 1 is 1.47 bits per heavy atom. The van der Waals surface area contributed by atoms with Crippen molar-refractivity contribution in [3.63, 3.8) is 0 Å². The molecule has 0 spiro atoms. The number of nitrogens with zero attached hydrogens (tertiary/aromatic N) is 5. The zero-order valence-electron chi connectivity index (χ0n) is 8.16. The first-order valence-electron chi connectivity index (χ1n) is 4.40. The summed E-state index contributed by atoms with van der Waals surface area (Å²) in [5.41, 5.74) is 1.15. The number of aldehydes is 1. The molecule has 2 heterocycles. The van der Waals surface area contributed by atoms with Crippen LogP contribution in [0.15, 0.2) is 18.7 Å². The van der Waals surface area contributed by atoms with Gasteiger partial charge in [0.1, 0.15) is 24.9 Å². The largest absolute Gasteiger partial charge is 0.296 e. The fraction of sp³-hybridized carbons (Fsp3) is 0.222. The molecule has 15 heavy (non-hydrogen) atoms. The molecule has 0 unspecified atom stereocenters. The Morgan fingerprint density at radius 3 is 3.00 bits per heavy atom. The van der Waals surface area contributed by atoms with Crippen LogP contribution in [-0.4, -0.2) is 31.0 Å². The van der Waals surface area contributed by atoms with Gasteiger partial charge in [0.2, 0.25) is 0 Å². The Bertz CT molecular complexity index is 465. The van der Waals surface area contributed by atoms with Crippen LogP contribution >= 0.6 is 0 Å². The van der Waals surface area contributed by atoms with Crippen molar-refractivity contribution in [2.75, 3.05) is 0 Å². The molecular formula is C9H9N5O. The Kier molecular flexibility index (Phi) is 2.49. The number of hydrogen-bond donors (Lipinski definition) is 0. The summed E-state index contributed by atoms with van der Waals surface area (Å²) in [5, 5.41) is 3.93. The Balaban J connectivity index is 2.28. The van der Waals surface area contributed by atoms with Gasteiger partial charge in [0, 0.05) is 5.69 Å². The summed E-state index contributed by atoms with van der Waals surface area (Å²) in [4.78, 5) is 22.7. The Hall–Kier alpha value is -2.11. The SMILES string of the molecule is Cc1cc(C=O)nc(Cn2cncn2)n1. The molecule has 0 fully saturated rings. The normalized spacial score (nSPS) is 10.2. The van der Waals surface area contributed by atoms with E-state index in [-0.39, 0.29) is 0 Å². The van der Waals surface area contributed by atoms with Crippen molar-refractivity contribution in [3.8, 4) is 0 Å². The summed E-state index contributed by atoms with van der Waals surface area (Å²) < 4.78 is 1.60. The number of aryl methyl sites for hydroxylation is 1. The summed E-state index contributed by atoms with van der Waals surface area (Å²) in [5.74, 6) is 0.558. The predicted molar refractivity (Wildman–Crippen MR) is 51.3 cm³/mol. The molecule has 6 nitrogen and oxygen atoms in total. The van der Waals surface area contributed by atoms with Gasteiger partial charge in [0.05, 0.1) is 0 Å². The van der Waals surface area contributed by atoms with Gasteiger partial charge in [-0.05, 0) is 13.0 Å². The number of rotatable bonds is 3. The van der Waals surface area contributed by atoms with E-state index in [0.29, 0.717) is 24.3 Å². The molecule has 0 bridgehead atoms. The van der Waals surface area contributed by atoms with Crippen LogP contribution in [0, 0.1) is 6.92 Å². The molecule has 0 saturated carbocycles. The van der Waals surface area contributed by atoms with Crippen LogP contribution in [0.25, 0.3) is 0 Å². The van der Waals surface area contributed by atoms with Gasteiger partial charge in [-0.2, -0.15) is 5.10 Å². The first kappa shape index (κ1) is 9.45. The zero-order valence-corrected chi connectivity index (χ0v) is 8.16. The Morgan fingerprint density at radius 2 is 2.33 bits per heavy atom. The summed E-state index contributed by atoms with van der Waals surface area (Å²) in [6, 6.07) is 1.64. The summed E-state index contributed by atoms with van der Waals surface area (Å²) in [6.45, 7) is 2.24. The molecule has 2 aromatic rings. The molecular weight excluding hydrogens is 194 g/mol. The summed E-state index contributed by atoms with van der Waals surface area (Å²) in [7, 11) is 0. The highest BCUT2D eigenvalue weighted by Crippen LogP contribution is 1.99. The minimum atomic E-state index is 0.387. The van der Waals surface area contributed by atoms with E-state index in [1.807, 2.05) is 6.92 Å². The molecule has 2 aromatic heterocycles. The van der Waals surface area contributed by atoms with Crippen molar-refractivity contribution < 1.29 is 4.79 Å². The highest BCUT2D eigenvalue weighted by molar-refractivity contribution is 5.71. The number of carbonyl (C=O) groups excluding carboxylic acids is 1. The van der Waals surface area contributed by atoms with Crippen molar-refractivity contribution in [2.24, 2.45) is 0 Å². The average Bonchev–Trinajstić information content (AvgIpc) is 2.69. The molecule has 76 valence electrons. The minimum Gasteiger partial charge on any atom is -0.296 e. The molecule has 0 aromatic carbocycles. The third-order valence-corrected chi connectivity index (χ3v) is 1.81. The topological polar surface area (TPSA) is 73.6 Å². The molecule has 0 aliphatic rings. The molecule has 6 heteroatoms. The van der Waals surface area contributed by atoms with E-state index < -0.39 is 0 Å². The third kappa shape index (κ3) is 2.22. The lowest BCUT2D eigenvalue weighted by Gasteiger charge is -2.01. The standard InChI is InChI=1S/C9H9N5O/c1-7-2-8(4-15)13-9(12-7)3-14-6-10-5-11-14/h2,4-6H,3H2,1H3. The lowest BCUT2D eigenvalue weighted by atomic mass is 10.3. The van der Waals surface area contributed by atoms with Crippen molar-refractivity contribution in [3.05, 3.63) is 35.9 Å². The van der Waals surface area contributed by atoms with Gasteiger partial charge in [-0.25, -0.2) is 19.6 Å². The van der Waals surface area contributed by atoms with Crippen molar-refractivity contribution >= 4 is 6.29 Å². The minimum absolute atomic E-state index is 0.387. The zero-order chi connectivity index (χ0) is 10.7. The second-order valence-corrected chi connectivity index (χ2v) is 3.06. The van der Waals surface area contributed by atoms with E-state index in [9.17, 15) is 4.79 Å². The molecule has 0 N–H and O–H groups in total. The quantitative estimate of drug-likeness (QED) is 0.668. The first-order chi connectivity index (χ1) is 7.28. The summed E-state index contributed by atoms with van der Waals surface area (Å²) in [6.07, 6.45) is 3.72. The smallest absolute Gasteiger partial charge is 0.168 e. The van der Waals surface area contributed by atoms with Gasteiger partial charge in [0.15, 0.2) is 12.1 Å².